The molecule has 29 heavy (non-hydrogen) atoms. The molecule has 1 amide bonds. The van der Waals surface area contributed by atoms with Gasteiger partial charge in [-0.1, -0.05) is 48.0 Å². The van der Waals surface area contributed by atoms with Crippen LogP contribution in [-0.4, -0.2) is 26.2 Å². The Bertz CT molecular complexity index is 929. The zero-order valence-electron chi connectivity index (χ0n) is 16.1. The molecule has 0 aromatic heterocycles. The highest BCUT2D eigenvalue weighted by Gasteiger charge is 2.13. The van der Waals surface area contributed by atoms with Crippen LogP contribution < -0.4 is 14.8 Å². The average molecular weight is 412 g/mol. The maximum absolute atomic E-state index is 12.6. The van der Waals surface area contributed by atoms with Crippen LogP contribution in [0, 0.1) is 0 Å². The summed E-state index contributed by atoms with van der Waals surface area (Å²) in [5.41, 5.74) is 2.08. The molecule has 1 N–H and O–H groups in total. The lowest BCUT2D eigenvalue weighted by molar-refractivity contribution is 0.102. The molecule has 0 heterocycles. The van der Waals surface area contributed by atoms with Gasteiger partial charge in [-0.2, -0.15) is 0 Å². The van der Waals surface area contributed by atoms with Crippen molar-refractivity contribution in [3.8, 4) is 11.5 Å². The third-order valence-corrected chi connectivity index (χ3v) is 4.41. The minimum atomic E-state index is -0.265. The van der Waals surface area contributed by atoms with E-state index in [1.54, 1.807) is 49.6 Å². The number of anilines is 1. The van der Waals surface area contributed by atoms with Crippen molar-refractivity contribution in [3.63, 3.8) is 0 Å². The van der Waals surface area contributed by atoms with E-state index in [1.807, 2.05) is 30.3 Å². The van der Waals surface area contributed by atoms with Crippen LogP contribution in [-0.2, 0) is 11.3 Å². The molecule has 0 aliphatic rings. The summed E-state index contributed by atoms with van der Waals surface area (Å²) in [7, 11) is 1.59. The molecule has 3 aromatic rings. The van der Waals surface area contributed by atoms with Crippen LogP contribution in [0.5, 0.6) is 11.5 Å². The highest BCUT2D eigenvalue weighted by Crippen LogP contribution is 2.33. The van der Waals surface area contributed by atoms with Gasteiger partial charge in [-0.3, -0.25) is 4.79 Å². The van der Waals surface area contributed by atoms with Crippen LogP contribution in [0.4, 0.5) is 5.69 Å². The molecule has 0 atom stereocenters. The summed E-state index contributed by atoms with van der Waals surface area (Å²) >= 11 is 6.21. The predicted octanol–water partition coefficient (Wildman–Crippen LogP) is 5.20. The van der Waals surface area contributed by atoms with Crippen LogP contribution in [0.2, 0.25) is 5.02 Å². The smallest absolute Gasteiger partial charge is 0.255 e. The molecule has 3 aromatic carbocycles. The van der Waals surface area contributed by atoms with E-state index in [0.717, 1.165) is 5.56 Å². The van der Waals surface area contributed by atoms with Crippen molar-refractivity contribution >= 4 is 23.2 Å². The van der Waals surface area contributed by atoms with E-state index in [4.69, 9.17) is 25.8 Å². The number of benzene rings is 3. The van der Waals surface area contributed by atoms with Crippen molar-refractivity contribution in [2.24, 2.45) is 0 Å². The highest BCUT2D eigenvalue weighted by atomic mass is 35.5. The number of halogens is 1. The van der Waals surface area contributed by atoms with Crippen molar-refractivity contribution in [3.05, 3.63) is 88.9 Å². The van der Waals surface area contributed by atoms with Gasteiger partial charge in [0.05, 0.1) is 17.3 Å². The second-order valence-electron chi connectivity index (χ2n) is 6.21. The molecule has 0 fully saturated rings. The number of nitrogens with one attached hydrogen (secondary N) is 1. The maximum Gasteiger partial charge on any atom is 0.255 e. The van der Waals surface area contributed by atoms with Gasteiger partial charge in [0.1, 0.15) is 19.0 Å². The van der Waals surface area contributed by atoms with Crippen molar-refractivity contribution in [1.82, 2.24) is 0 Å². The Morgan fingerprint density at radius 1 is 0.897 bits per heavy atom. The van der Waals surface area contributed by atoms with E-state index in [0.29, 0.717) is 47.6 Å². The molecular formula is C23H22ClNO4. The molecule has 0 bridgehead atoms. The first-order chi connectivity index (χ1) is 14.2. The number of hydrogen-bond donors (Lipinski definition) is 1. The zero-order chi connectivity index (χ0) is 20.5. The number of amides is 1. The van der Waals surface area contributed by atoms with Crippen LogP contribution in [0.1, 0.15) is 15.9 Å². The van der Waals surface area contributed by atoms with Crippen molar-refractivity contribution in [2.45, 2.75) is 6.61 Å². The van der Waals surface area contributed by atoms with Crippen LogP contribution in [0.15, 0.2) is 72.8 Å². The third-order valence-electron chi connectivity index (χ3n) is 4.11. The lowest BCUT2D eigenvalue weighted by Gasteiger charge is -2.14. The van der Waals surface area contributed by atoms with Gasteiger partial charge in [-0.25, -0.2) is 0 Å². The van der Waals surface area contributed by atoms with Crippen molar-refractivity contribution in [2.75, 3.05) is 25.6 Å². The summed E-state index contributed by atoms with van der Waals surface area (Å²) in [6.45, 7) is 1.22. The molecule has 5 nitrogen and oxygen atoms in total. The van der Waals surface area contributed by atoms with Gasteiger partial charge < -0.3 is 19.5 Å². The lowest BCUT2D eigenvalue weighted by atomic mass is 10.2. The summed E-state index contributed by atoms with van der Waals surface area (Å²) < 4.78 is 16.4. The topological polar surface area (TPSA) is 56.8 Å². The summed E-state index contributed by atoms with van der Waals surface area (Å²) in [6, 6.07) is 22.1. The molecule has 0 spiro atoms. The maximum atomic E-state index is 12.6. The molecule has 3 rings (SSSR count). The SMILES string of the molecule is COCCOc1c(Cl)cccc1NC(=O)c1ccc(OCc2ccccc2)cc1. The molecule has 6 heteroatoms. The molecule has 0 saturated heterocycles. The fraction of sp³-hybridized carbons (Fsp3) is 0.174. The first-order valence-corrected chi connectivity index (χ1v) is 9.53. The fourth-order valence-electron chi connectivity index (χ4n) is 2.62. The van der Waals surface area contributed by atoms with E-state index >= 15 is 0 Å². The Labute approximate surface area is 175 Å². The number of methoxy groups -OCH3 is 1. The fourth-order valence-corrected chi connectivity index (χ4v) is 2.85. The second-order valence-corrected chi connectivity index (χ2v) is 6.62. The van der Waals surface area contributed by atoms with E-state index in [2.05, 4.69) is 5.32 Å². The van der Waals surface area contributed by atoms with Crippen LogP contribution in [0.25, 0.3) is 0 Å². The van der Waals surface area contributed by atoms with Gasteiger partial charge in [-0.15, -0.1) is 0 Å². The van der Waals surface area contributed by atoms with E-state index in [1.165, 1.54) is 0 Å². The zero-order valence-corrected chi connectivity index (χ0v) is 16.8. The molecule has 0 aliphatic carbocycles. The first-order valence-electron chi connectivity index (χ1n) is 9.16. The third kappa shape index (κ3) is 5.98. The summed E-state index contributed by atoms with van der Waals surface area (Å²) in [5, 5.41) is 3.26. The van der Waals surface area contributed by atoms with Gasteiger partial charge >= 0.3 is 0 Å². The van der Waals surface area contributed by atoms with Crippen LogP contribution >= 0.6 is 11.6 Å². The second kappa shape index (κ2) is 10.5. The summed E-state index contributed by atoms with van der Waals surface area (Å²) in [6.07, 6.45) is 0. The number of para-hydroxylation sites is 1. The van der Waals surface area contributed by atoms with Gasteiger partial charge in [0.25, 0.3) is 5.91 Å². The van der Waals surface area contributed by atoms with E-state index in [-0.39, 0.29) is 5.91 Å². The van der Waals surface area contributed by atoms with Crippen LogP contribution in [0.3, 0.4) is 0 Å². The number of hydrogen-bond acceptors (Lipinski definition) is 4. The Hall–Kier alpha value is -3.02. The highest BCUT2D eigenvalue weighted by molar-refractivity contribution is 6.32. The Morgan fingerprint density at radius 3 is 2.38 bits per heavy atom. The minimum absolute atomic E-state index is 0.265. The number of rotatable bonds is 9. The molecule has 150 valence electrons. The summed E-state index contributed by atoms with van der Waals surface area (Å²) in [4.78, 5) is 12.6. The Balaban J connectivity index is 1.63. The average Bonchev–Trinajstić information content (AvgIpc) is 2.75. The van der Waals surface area contributed by atoms with Crippen molar-refractivity contribution in [1.29, 1.82) is 0 Å². The largest absolute Gasteiger partial charge is 0.489 e. The number of carbonyl (C=O) groups excluding carboxylic acids is 1. The molecule has 0 aliphatic heterocycles. The standard InChI is InChI=1S/C23H22ClNO4/c1-27-14-15-28-22-20(24)8-5-9-21(22)25-23(26)18-10-12-19(13-11-18)29-16-17-6-3-2-4-7-17/h2-13H,14-16H2,1H3,(H,25,26). The van der Waals surface area contributed by atoms with Crippen molar-refractivity contribution < 1.29 is 19.0 Å². The lowest BCUT2D eigenvalue weighted by Crippen LogP contribution is -2.14. The van der Waals surface area contributed by atoms with E-state index < -0.39 is 0 Å². The van der Waals surface area contributed by atoms with Gasteiger partial charge in [0.15, 0.2) is 5.75 Å². The first kappa shape index (κ1) is 20.7. The Kier molecular flexibility index (Phi) is 7.50. The summed E-state index contributed by atoms with van der Waals surface area (Å²) in [5.74, 6) is 0.845. The number of ether oxygens (including phenoxy) is 3. The normalized spacial score (nSPS) is 10.4. The van der Waals surface area contributed by atoms with Gasteiger partial charge in [-0.05, 0) is 42.0 Å². The Morgan fingerprint density at radius 2 is 1.66 bits per heavy atom. The van der Waals surface area contributed by atoms with E-state index in [9.17, 15) is 4.79 Å². The monoisotopic (exact) mass is 411 g/mol. The molecule has 0 unspecified atom stereocenters. The van der Waals surface area contributed by atoms with Gasteiger partial charge in [0.2, 0.25) is 0 Å². The molecule has 0 radical (unpaired) electrons. The number of carbonyl (C=O) groups is 1. The predicted molar refractivity (Wildman–Crippen MR) is 114 cm³/mol. The quantitative estimate of drug-likeness (QED) is 0.492. The minimum Gasteiger partial charge on any atom is -0.489 e. The molecule has 0 saturated carbocycles. The molecular weight excluding hydrogens is 390 g/mol. The van der Waals surface area contributed by atoms with Gasteiger partial charge in [0, 0.05) is 12.7 Å².